The Morgan fingerprint density at radius 2 is 2.07 bits per heavy atom. The van der Waals surface area contributed by atoms with Crippen LogP contribution in [0.1, 0.15) is 37.5 Å². The topological polar surface area (TPSA) is 13.1 Å². The van der Waals surface area contributed by atoms with E-state index in [0.717, 1.165) is 17.8 Å². The molecule has 0 spiro atoms. The second kappa shape index (κ2) is 3.49. The SMILES string of the molecule is CCC(C)c1cc2cc(C)ccc2o1. The Labute approximate surface area is 84.7 Å². The van der Waals surface area contributed by atoms with Crippen molar-refractivity contribution in [2.24, 2.45) is 0 Å². The molecule has 2 rings (SSSR count). The van der Waals surface area contributed by atoms with Crippen molar-refractivity contribution in [1.29, 1.82) is 0 Å². The van der Waals surface area contributed by atoms with Crippen LogP contribution in [0.15, 0.2) is 28.7 Å². The van der Waals surface area contributed by atoms with E-state index in [2.05, 4.69) is 45.0 Å². The van der Waals surface area contributed by atoms with E-state index in [0.29, 0.717) is 5.92 Å². The van der Waals surface area contributed by atoms with Crippen LogP contribution in [0.25, 0.3) is 11.0 Å². The van der Waals surface area contributed by atoms with Crippen molar-refractivity contribution in [1.82, 2.24) is 0 Å². The molecule has 1 atom stereocenters. The van der Waals surface area contributed by atoms with Gasteiger partial charge in [0.15, 0.2) is 0 Å². The molecule has 2 aromatic rings. The fourth-order valence-corrected chi connectivity index (χ4v) is 1.63. The lowest BCUT2D eigenvalue weighted by atomic mass is 10.1. The van der Waals surface area contributed by atoms with Crippen molar-refractivity contribution in [2.45, 2.75) is 33.1 Å². The summed E-state index contributed by atoms with van der Waals surface area (Å²) < 4.78 is 5.78. The van der Waals surface area contributed by atoms with E-state index in [4.69, 9.17) is 4.42 Å². The quantitative estimate of drug-likeness (QED) is 0.686. The summed E-state index contributed by atoms with van der Waals surface area (Å²) in [4.78, 5) is 0. The molecular formula is C13H16O. The standard InChI is InChI=1S/C13H16O/c1-4-10(3)13-8-11-7-9(2)5-6-12(11)14-13/h5-8,10H,4H2,1-3H3. The average Bonchev–Trinajstić information content (AvgIpc) is 2.59. The smallest absolute Gasteiger partial charge is 0.134 e. The minimum atomic E-state index is 0.516. The van der Waals surface area contributed by atoms with Gasteiger partial charge in [0.25, 0.3) is 0 Å². The predicted octanol–water partition coefficient (Wildman–Crippen LogP) is 4.25. The highest BCUT2D eigenvalue weighted by Gasteiger charge is 2.09. The third-order valence-electron chi connectivity index (χ3n) is 2.79. The van der Waals surface area contributed by atoms with Gasteiger partial charge >= 0.3 is 0 Å². The number of furan rings is 1. The Kier molecular flexibility index (Phi) is 2.32. The zero-order chi connectivity index (χ0) is 10.1. The van der Waals surface area contributed by atoms with E-state index in [-0.39, 0.29) is 0 Å². The maximum atomic E-state index is 5.78. The Balaban J connectivity index is 2.51. The molecule has 1 aromatic heterocycles. The van der Waals surface area contributed by atoms with E-state index in [1.807, 2.05) is 0 Å². The fourth-order valence-electron chi connectivity index (χ4n) is 1.63. The van der Waals surface area contributed by atoms with Crippen LogP contribution in [0.4, 0.5) is 0 Å². The van der Waals surface area contributed by atoms with Crippen molar-refractivity contribution < 1.29 is 4.42 Å². The molecule has 74 valence electrons. The van der Waals surface area contributed by atoms with Crippen molar-refractivity contribution in [3.63, 3.8) is 0 Å². The minimum Gasteiger partial charge on any atom is -0.461 e. The molecule has 0 aliphatic carbocycles. The first-order chi connectivity index (χ1) is 6.70. The van der Waals surface area contributed by atoms with Crippen molar-refractivity contribution in [3.05, 3.63) is 35.6 Å². The van der Waals surface area contributed by atoms with E-state index < -0.39 is 0 Å². The van der Waals surface area contributed by atoms with Crippen LogP contribution in [0.3, 0.4) is 0 Å². The van der Waals surface area contributed by atoms with Gasteiger partial charge in [-0.2, -0.15) is 0 Å². The van der Waals surface area contributed by atoms with Crippen LogP contribution in [-0.2, 0) is 0 Å². The first-order valence-electron chi connectivity index (χ1n) is 5.21. The van der Waals surface area contributed by atoms with E-state index >= 15 is 0 Å². The zero-order valence-electron chi connectivity index (χ0n) is 9.00. The second-order valence-corrected chi connectivity index (χ2v) is 4.00. The van der Waals surface area contributed by atoms with Gasteiger partial charge in [-0.3, -0.25) is 0 Å². The second-order valence-electron chi connectivity index (χ2n) is 4.00. The summed E-state index contributed by atoms with van der Waals surface area (Å²) in [6.45, 7) is 6.49. The number of hydrogen-bond acceptors (Lipinski definition) is 1. The van der Waals surface area contributed by atoms with Gasteiger partial charge in [0.1, 0.15) is 11.3 Å². The first kappa shape index (κ1) is 9.32. The molecule has 0 N–H and O–H groups in total. The molecule has 1 aromatic carbocycles. The van der Waals surface area contributed by atoms with Crippen LogP contribution in [-0.4, -0.2) is 0 Å². The van der Waals surface area contributed by atoms with Gasteiger partial charge < -0.3 is 4.42 Å². The van der Waals surface area contributed by atoms with Crippen LogP contribution in [0.2, 0.25) is 0 Å². The maximum Gasteiger partial charge on any atom is 0.134 e. The van der Waals surface area contributed by atoms with E-state index in [9.17, 15) is 0 Å². The first-order valence-corrected chi connectivity index (χ1v) is 5.21. The van der Waals surface area contributed by atoms with Gasteiger partial charge in [0.05, 0.1) is 0 Å². The molecule has 0 saturated carbocycles. The number of fused-ring (bicyclic) bond motifs is 1. The van der Waals surface area contributed by atoms with Gasteiger partial charge in [-0.25, -0.2) is 0 Å². The summed E-state index contributed by atoms with van der Waals surface area (Å²) in [5, 5.41) is 1.22. The summed E-state index contributed by atoms with van der Waals surface area (Å²) >= 11 is 0. The Morgan fingerprint density at radius 3 is 2.79 bits per heavy atom. The number of benzene rings is 1. The van der Waals surface area contributed by atoms with Crippen molar-refractivity contribution >= 4 is 11.0 Å². The maximum absolute atomic E-state index is 5.78. The molecule has 1 unspecified atom stereocenters. The normalized spacial score (nSPS) is 13.4. The Hall–Kier alpha value is -1.24. The van der Waals surface area contributed by atoms with Crippen LogP contribution in [0.5, 0.6) is 0 Å². The van der Waals surface area contributed by atoms with Gasteiger partial charge in [0.2, 0.25) is 0 Å². The van der Waals surface area contributed by atoms with Crippen LogP contribution >= 0.6 is 0 Å². The molecule has 0 radical (unpaired) electrons. The zero-order valence-corrected chi connectivity index (χ0v) is 9.00. The largest absolute Gasteiger partial charge is 0.461 e. The van der Waals surface area contributed by atoms with Gasteiger partial charge in [-0.05, 0) is 31.5 Å². The van der Waals surface area contributed by atoms with Crippen molar-refractivity contribution in [3.8, 4) is 0 Å². The fraction of sp³-hybridized carbons (Fsp3) is 0.385. The highest BCUT2D eigenvalue weighted by molar-refractivity contribution is 5.78. The third kappa shape index (κ3) is 1.54. The van der Waals surface area contributed by atoms with Gasteiger partial charge in [-0.1, -0.05) is 25.5 Å². The lowest BCUT2D eigenvalue weighted by Gasteiger charge is -2.01. The average molecular weight is 188 g/mol. The molecule has 0 amide bonds. The summed E-state index contributed by atoms with van der Waals surface area (Å²) in [5.74, 6) is 1.62. The molecule has 0 aliphatic heterocycles. The molecule has 0 bridgehead atoms. The molecule has 0 saturated heterocycles. The van der Waals surface area contributed by atoms with Crippen molar-refractivity contribution in [2.75, 3.05) is 0 Å². The van der Waals surface area contributed by atoms with Gasteiger partial charge in [0, 0.05) is 11.3 Å². The molecule has 1 heteroatoms. The Morgan fingerprint density at radius 1 is 1.29 bits per heavy atom. The summed E-state index contributed by atoms with van der Waals surface area (Å²) in [5.41, 5.74) is 2.29. The van der Waals surface area contributed by atoms with E-state index in [1.54, 1.807) is 0 Å². The number of rotatable bonds is 2. The molecule has 1 nitrogen and oxygen atoms in total. The molecular weight excluding hydrogens is 172 g/mol. The number of aryl methyl sites for hydroxylation is 1. The third-order valence-corrected chi connectivity index (χ3v) is 2.79. The number of hydrogen-bond donors (Lipinski definition) is 0. The predicted molar refractivity (Wildman–Crippen MR) is 59.7 cm³/mol. The van der Waals surface area contributed by atoms with Crippen LogP contribution < -0.4 is 0 Å². The molecule has 14 heavy (non-hydrogen) atoms. The molecule has 0 fully saturated rings. The Bertz CT molecular complexity index is 439. The van der Waals surface area contributed by atoms with Crippen LogP contribution in [0, 0.1) is 6.92 Å². The summed E-state index contributed by atoms with van der Waals surface area (Å²) in [6, 6.07) is 8.48. The highest BCUT2D eigenvalue weighted by atomic mass is 16.3. The minimum absolute atomic E-state index is 0.516. The highest BCUT2D eigenvalue weighted by Crippen LogP contribution is 2.27. The summed E-state index contributed by atoms with van der Waals surface area (Å²) in [6.07, 6.45) is 1.12. The van der Waals surface area contributed by atoms with Gasteiger partial charge in [-0.15, -0.1) is 0 Å². The summed E-state index contributed by atoms with van der Waals surface area (Å²) in [7, 11) is 0. The van der Waals surface area contributed by atoms with E-state index in [1.165, 1.54) is 10.9 Å². The molecule has 0 aliphatic rings. The monoisotopic (exact) mass is 188 g/mol. The lowest BCUT2D eigenvalue weighted by molar-refractivity contribution is 0.499. The molecule has 1 heterocycles. The lowest BCUT2D eigenvalue weighted by Crippen LogP contribution is -1.86.